The van der Waals surface area contributed by atoms with Crippen LogP contribution in [0.4, 0.5) is 4.39 Å². The Kier molecular flexibility index (Phi) is 7.47. The van der Waals surface area contributed by atoms with Gasteiger partial charge in [-0.3, -0.25) is 9.55 Å². The number of aliphatic hydroxyl groups is 1. The van der Waals surface area contributed by atoms with Crippen LogP contribution in [-0.2, 0) is 15.6 Å². The van der Waals surface area contributed by atoms with Crippen LogP contribution in [0.1, 0.15) is 35.9 Å². The zero-order valence-corrected chi connectivity index (χ0v) is 21.7. The number of nitriles is 1. The van der Waals surface area contributed by atoms with Crippen molar-refractivity contribution in [1.29, 1.82) is 5.26 Å². The first kappa shape index (κ1) is 26.8. The summed E-state index contributed by atoms with van der Waals surface area (Å²) in [5.74, 6) is 0.123. The van der Waals surface area contributed by atoms with Crippen LogP contribution in [0.15, 0.2) is 47.0 Å². The number of aliphatic hydroxyl groups excluding tert-OH is 1. The number of aromatic nitrogens is 4. The van der Waals surface area contributed by atoms with Gasteiger partial charge in [-0.1, -0.05) is 6.07 Å². The average Bonchev–Trinajstić information content (AvgIpc) is 3.52. The van der Waals surface area contributed by atoms with Gasteiger partial charge in [0.05, 0.1) is 25.0 Å². The van der Waals surface area contributed by atoms with E-state index in [0.29, 0.717) is 28.7 Å². The number of methoxy groups -OCH3 is 2. The molecule has 2 atom stereocenters. The molecule has 1 N–H and O–H groups in total. The second-order valence-electron chi connectivity index (χ2n) is 8.36. The summed E-state index contributed by atoms with van der Waals surface area (Å²) < 4.78 is 59.6. The number of aryl methyl sites for hydroxylation is 1. The second kappa shape index (κ2) is 10.6. The van der Waals surface area contributed by atoms with E-state index in [0.717, 1.165) is 12.3 Å². The van der Waals surface area contributed by atoms with Gasteiger partial charge in [-0.05, 0) is 44.2 Å². The highest BCUT2D eigenvalue weighted by Crippen LogP contribution is 2.37. The lowest BCUT2D eigenvalue weighted by Gasteiger charge is -2.20. The Labute approximate surface area is 218 Å². The van der Waals surface area contributed by atoms with Crippen molar-refractivity contribution < 1.29 is 31.8 Å². The molecule has 0 saturated heterocycles. The lowest BCUT2D eigenvalue weighted by atomic mass is 10.1. The van der Waals surface area contributed by atoms with Gasteiger partial charge in [0.15, 0.2) is 21.4 Å². The normalized spacial score (nSPS) is 13.1. The fraction of sp³-hybridized carbons (Fsp3) is 0.280. The monoisotopic (exact) mass is 541 g/mol. The highest BCUT2D eigenvalue weighted by molar-refractivity contribution is 7.91. The van der Waals surface area contributed by atoms with Gasteiger partial charge in [-0.15, -0.1) is 10.2 Å². The summed E-state index contributed by atoms with van der Waals surface area (Å²) in [6.45, 7) is 2.99. The van der Waals surface area contributed by atoms with Gasteiger partial charge >= 0.3 is 0 Å². The fourth-order valence-electron chi connectivity index (χ4n) is 3.87. The van der Waals surface area contributed by atoms with Crippen molar-refractivity contribution in [3.8, 4) is 34.8 Å². The smallest absolute Gasteiger partial charge is 0.204 e. The fourth-order valence-corrected chi connectivity index (χ4v) is 5.20. The number of sulfone groups is 1. The molecule has 4 aromatic rings. The van der Waals surface area contributed by atoms with Crippen molar-refractivity contribution >= 4 is 9.84 Å². The molecule has 0 spiro atoms. The van der Waals surface area contributed by atoms with Crippen molar-refractivity contribution in [1.82, 2.24) is 19.7 Å². The van der Waals surface area contributed by atoms with Gasteiger partial charge in [0, 0.05) is 6.20 Å². The highest BCUT2D eigenvalue weighted by Gasteiger charge is 2.35. The minimum Gasteiger partial charge on any atom is -0.494 e. The Morgan fingerprint density at radius 3 is 2.42 bits per heavy atom. The highest BCUT2D eigenvalue weighted by atomic mass is 32.2. The van der Waals surface area contributed by atoms with Crippen molar-refractivity contribution in [2.45, 2.75) is 31.0 Å². The summed E-state index contributed by atoms with van der Waals surface area (Å²) in [6, 6.07) is 11.0. The molecule has 0 aliphatic carbocycles. The van der Waals surface area contributed by atoms with Crippen molar-refractivity contribution in [3.05, 3.63) is 71.3 Å². The molecule has 0 unspecified atom stereocenters. The molecule has 3 aromatic heterocycles. The van der Waals surface area contributed by atoms with Crippen molar-refractivity contribution in [2.24, 2.45) is 0 Å². The summed E-state index contributed by atoms with van der Waals surface area (Å²) >= 11 is 0. The quantitative estimate of drug-likeness (QED) is 0.334. The SMILES string of the molecule is COc1cccc(OC)c1-n1c(CS(=O)(=O)[C@@H](C)[C@@H](O)c2ncc(C#N)cc2F)nnc1-c1ccc(C)o1. The maximum absolute atomic E-state index is 14.5. The molecule has 4 rings (SSSR count). The number of nitrogens with zero attached hydrogens (tertiary/aromatic N) is 5. The third-order valence-corrected chi connectivity index (χ3v) is 7.99. The third kappa shape index (κ3) is 4.96. The molecule has 13 heteroatoms. The Balaban J connectivity index is 1.81. The van der Waals surface area contributed by atoms with Crippen LogP contribution in [0.2, 0.25) is 0 Å². The van der Waals surface area contributed by atoms with E-state index in [9.17, 15) is 17.9 Å². The summed E-state index contributed by atoms with van der Waals surface area (Å²) in [7, 11) is -1.28. The van der Waals surface area contributed by atoms with Crippen LogP contribution in [-0.4, -0.2) is 52.7 Å². The molecule has 0 bridgehead atoms. The van der Waals surface area contributed by atoms with Crippen LogP contribution >= 0.6 is 0 Å². The summed E-state index contributed by atoms with van der Waals surface area (Å²) in [5.41, 5.74) is -0.210. The Morgan fingerprint density at radius 2 is 1.87 bits per heavy atom. The number of ether oxygens (including phenoxy) is 2. The van der Waals surface area contributed by atoms with E-state index in [1.165, 1.54) is 25.7 Å². The van der Waals surface area contributed by atoms with Gasteiger partial charge in [-0.2, -0.15) is 5.26 Å². The molecular weight excluding hydrogens is 517 g/mol. The van der Waals surface area contributed by atoms with Crippen LogP contribution in [0.3, 0.4) is 0 Å². The van der Waals surface area contributed by atoms with Crippen molar-refractivity contribution in [2.75, 3.05) is 14.2 Å². The van der Waals surface area contributed by atoms with E-state index < -0.39 is 38.5 Å². The molecule has 11 nitrogen and oxygen atoms in total. The molecule has 0 aliphatic rings. The number of furan rings is 1. The molecular formula is C25H24FN5O6S. The largest absolute Gasteiger partial charge is 0.494 e. The Hall–Kier alpha value is -4.28. The molecule has 198 valence electrons. The molecule has 0 amide bonds. The average molecular weight is 542 g/mol. The molecule has 38 heavy (non-hydrogen) atoms. The summed E-state index contributed by atoms with van der Waals surface area (Å²) in [6.07, 6.45) is -0.750. The molecule has 0 radical (unpaired) electrons. The molecule has 1 aromatic carbocycles. The van der Waals surface area contributed by atoms with E-state index in [1.54, 1.807) is 43.3 Å². The third-order valence-electron chi connectivity index (χ3n) is 5.94. The number of rotatable bonds is 9. The van der Waals surface area contributed by atoms with Gasteiger partial charge in [0.25, 0.3) is 0 Å². The predicted molar refractivity (Wildman–Crippen MR) is 133 cm³/mol. The minimum absolute atomic E-state index is 0.0239. The van der Waals surface area contributed by atoms with Crippen LogP contribution in [0.5, 0.6) is 11.5 Å². The predicted octanol–water partition coefficient (Wildman–Crippen LogP) is 3.30. The van der Waals surface area contributed by atoms with E-state index >= 15 is 0 Å². The lowest BCUT2D eigenvalue weighted by Crippen LogP contribution is -2.29. The minimum atomic E-state index is -4.18. The van der Waals surface area contributed by atoms with Gasteiger partial charge in [0.2, 0.25) is 5.82 Å². The number of benzene rings is 1. The second-order valence-corrected chi connectivity index (χ2v) is 10.7. The molecule has 0 fully saturated rings. The van der Waals surface area contributed by atoms with E-state index in [1.807, 2.05) is 0 Å². The van der Waals surface area contributed by atoms with Crippen LogP contribution in [0, 0.1) is 24.1 Å². The number of pyridine rings is 1. The Bertz CT molecular complexity index is 1600. The first-order chi connectivity index (χ1) is 18.1. The maximum atomic E-state index is 14.5. The van der Waals surface area contributed by atoms with Gasteiger partial charge in [-0.25, -0.2) is 12.8 Å². The first-order valence-electron chi connectivity index (χ1n) is 11.3. The van der Waals surface area contributed by atoms with Crippen LogP contribution in [0.25, 0.3) is 17.3 Å². The number of hydrogen-bond acceptors (Lipinski definition) is 10. The first-order valence-corrected chi connectivity index (χ1v) is 13.0. The topological polar surface area (TPSA) is 153 Å². The molecule has 0 saturated carbocycles. The summed E-state index contributed by atoms with van der Waals surface area (Å²) in [5, 5.41) is 26.5. The van der Waals surface area contributed by atoms with Gasteiger partial charge in [0.1, 0.15) is 52.4 Å². The zero-order chi connectivity index (χ0) is 27.6. The molecule has 3 heterocycles. The van der Waals surface area contributed by atoms with E-state index in [-0.39, 0.29) is 17.2 Å². The molecule has 0 aliphatic heterocycles. The standard InChI is InChI=1S/C25H24FN5O6S/c1-14-8-9-20(37-14)25-30-29-21(31(25)23-18(35-3)6-5-7-19(23)36-4)13-38(33,34)15(2)24(32)22-17(26)10-16(11-27)12-28-22/h5-10,12,15,24,32H,13H2,1-4H3/t15-,24+/m0/s1. The number of hydrogen-bond donors (Lipinski definition) is 1. The van der Waals surface area contributed by atoms with Gasteiger partial charge < -0.3 is 19.0 Å². The van der Waals surface area contributed by atoms with E-state index in [2.05, 4.69) is 15.2 Å². The van der Waals surface area contributed by atoms with Crippen molar-refractivity contribution in [3.63, 3.8) is 0 Å². The lowest BCUT2D eigenvalue weighted by molar-refractivity contribution is 0.166. The Morgan fingerprint density at radius 1 is 1.18 bits per heavy atom. The number of para-hydroxylation sites is 1. The maximum Gasteiger partial charge on any atom is 0.204 e. The summed E-state index contributed by atoms with van der Waals surface area (Å²) in [4.78, 5) is 3.76. The van der Waals surface area contributed by atoms with Crippen LogP contribution < -0.4 is 9.47 Å². The zero-order valence-electron chi connectivity index (χ0n) is 20.9. The van der Waals surface area contributed by atoms with E-state index in [4.69, 9.17) is 19.2 Å². The number of halogens is 1.